The second kappa shape index (κ2) is 5.83. The molecule has 1 aromatic carbocycles. The number of fused-ring (bicyclic) bond motifs is 1. The summed E-state index contributed by atoms with van der Waals surface area (Å²) in [6.45, 7) is 8.75. The molecule has 0 unspecified atom stereocenters. The third-order valence-corrected chi connectivity index (χ3v) is 4.13. The highest BCUT2D eigenvalue weighted by atomic mass is 32.2. The van der Waals surface area contributed by atoms with Gasteiger partial charge in [0.25, 0.3) is 0 Å². The van der Waals surface area contributed by atoms with Crippen molar-refractivity contribution < 1.29 is 4.42 Å². The minimum Gasteiger partial charge on any atom is -0.450 e. The van der Waals surface area contributed by atoms with Gasteiger partial charge in [0.05, 0.1) is 0 Å². The molecular weight excluding hydrogens is 240 g/mol. The minimum absolute atomic E-state index is 1.06. The van der Waals surface area contributed by atoms with Crippen LogP contribution in [0.5, 0.6) is 0 Å². The van der Waals surface area contributed by atoms with Crippen LogP contribution in [0.4, 0.5) is 0 Å². The maximum Gasteiger partial charge on any atom is 0.164 e. The van der Waals surface area contributed by atoms with Crippen molar-refractivity contribution in [3.05, 3.63) is 28.8 Å². The zero-order chi connectivity index (χ0) is 13.1. The molecule has 0 radical (unpaired) electrons. The van der Waals surface area contributed by atoms with Crippen LogP contribution >= 0.6 is 11.8 Å². The Hall–Kier alpha value is -0.890. The van der Waals surface area contributed by atoms with Gasteiger partial charge < -0.3 is 4.42 Å². The number of thioether (sulfide) groups is 1. The van der Waals surface area contributed by atoms with Gasteiger partial charge in [-0.15, -0.1) is 0 Å². The molecule has 0 spiro atoms. The molecule has 0 saturated heterocycles. The third kappa shape index (κ3) is 2.59. The van der Waals surface area contributed by atoms with Gasteiger partial charge in [0.2, 0.25) is 0 Å². The highest BCUT2D eigenvalue weighted by molar-refractivity contribution is 7.99. The fourth-order valence-electron chi connectivity index (χ4n) is 2.49. The minimum atomic E-state index is 1.06. The Kier molecular flexibility index (Phi) is 4.39. The topological polar surface area (TPSA) is 13.1 Å². The van der Waals surface area contributed by atoms with Crippen molar-refractivity contribution in [2.24, 2.45) is 0 Å². The Bertz CT molecular complexity index is 540. The van der Waals surface area contributed by atoms with Crippen molar-refractivity contribution in [3.63, 3.8) is 0 Å². The van der Waals surface area contributed by atoms with Crippen molar-refractivity contribution in [2.75, 3.05) is 5.75 Å². The van der Waals surface area contributed by atoms with E-state index in [1.54, 1.807) is 0 Å². The average molecular weight is 262 g/mol. The molecule has 1 nitrogen and oxygen atoms in total. The summed E-state index contributed by atoms with van der Waals surface area (Å²) in [4.78, 5) is 0. The zero-order valence-corrected chi connectivity index (χ0v) is 12.6. The molecule has 0 fully saturated rings. The number of benzene rings is 1. The van der Waals surface area contributed by atoms with Gasteiger partial charge in [0.15, 0.2) is 5.09 Å². The first-order valence-corrected chi connectivity index (χ1v) is 7.81. The lowest BCUT2D eigenvalue weighted by atomic mass is 10.0. The van der Waals surface area contributed by atoms with Crippen molar-refractivity contribution >= 4 is 22.7 Å². The van der Waals surface area contributed by atoms with Crippen LogP contribution in [0, 0.1) is 13.8 Å². The van der Waals surface area contributed by atoms with Gasteiger partial charge in [0, 0.05) is 10.9 Å². The molecule has 0 atom stereocenters. The lowest BCUT2D eigenvalue weighted by molar-refractivity contribution is 0.504. The van der Waals surface area contributed by atoms with Gasteiger partial charge in [0.1, 0.15) is 5.58 Å². The van der Waals surface area contributed by atoms with E-state index >= 15 is 0 Å². The Labute approximate surface area is 114 Å². The Morgan fingerprint density at radius 1 is 1.17 bits per heavy atom. The van der Waals surface area contributed by atoms with Crippen molar-refractivity contribution in [2.45, 2.75) is 52.0 Å². The molecule has 98 valence electrons. The van der Waals surface area contributed by atoms with E-state index in [9.17, 15) is 0 Å². The molecular formula is C16H22OS. The smallest absolute Gasteiger partial charge is 0.164 e. The molecule has 0 saturated carbocycles. The van der Waals surface area contributed by atoms with Crippen molar-refractivity contribution in [1.29, 1.82) is 0 Å². The second-order valence-electron chi connectivity index (χ2n) is 4.86. The van der Waals surface area contributed by atoms with E-state index < -0.39 is 0 Å². The normalized spacial score (nSPS) is 11.3. The van der Waals surface area contributed by atoms with Crippen molar-refractivity contribution in [1.82, 2.24) is 0 Å². The fraction of sp³-hybridized carbons (Fsp3) is 0.500. The van der Waals surface area contributed by atoms with E-state index in [0.717, 1.165) is 22.8 Å². The number of hydrogen-bond donors (Lipinski definition) is 0. The molecule has 0 amide bonds. The lowest BCUT2D eigenvalue weighted by Crippen LogP contribution is -1.88. The van der Waals surface area contributed by atoms with Crippen molar-refractivity contribution in [3.8, 4) is 0 Å². The van der Waals surface area contributed by atoms with Gasteiger partial charge in [-0.2, -0.15) is 0 Å². The van der Waals surface area contributed by atoms with Crippen LogP contribution in [-0.4, -0.2) is 5.75 Å². The Morgan fingerprint density at radius 3 is 2.61 bits per heavy atom. The van der Waals surface area contributed by atoms with E-state index in [1.807, 2.05) is 11.8 Å². The molecule has 18 heavy (non-hydrogen) atoms. The summed E-state index contributed by atoms with van der Waals surface area (Å²) >= 11 is 1.83. The monoisotopic (exact) mass is 262 g/mol. The summed E-state index contributed by atoms with van der Waals surface area (Å²) in [6.07, 6.45) is 3.60. The SMILES string of the molecule is CCCCc1c(SCC)oc2cc(C)cc(C)c12. The maximum absolute atomic E-state index is 6.06. The van der Waals surface area contributed by atoms with Crippen LogP contribution in [0.2, 0.25) is 0 Å². The van der Waals surface area contributed by atoms with Gasteiger partial charge in [-0.25, -0.2) is 0 Å². The van der Waals surface area contributed by atoms with E-state index in [-0.39, 0.29) is 0 Å². The fourth-order valence-corrected chi connectivity index (χ4v) is 3.28. The maximum atomic E-state index is 6.06. The predicted molar refractivity (Wildman–Crippen MR) is 80.7 cm³/mol. The largest absolute Gasteiger partial charge is 0.450 e. The summed E-state index contributed by atoms with van der Waals surface area (Å²) < 4.78 is 6.06. The number of rotatable bonds is 5. The highest BCUT2D eigenvalue weighted by Crippen LogP contribution is 2.36. The molecule has 0 bridgehead atoms. The standard InChI is InChI=1S/C16H22OS/c1-5-7-8-13-15-12(4)9-11(3)10-14(15)17-16(13)18-6-2/h9-10H,5-8H2,1-4H3. The van der Waals surface area contributed by atoms with Crippen LogP contribution in [0.25, 0.3) is 11.0 Å². The summed E-state index contributed by atoms with van der Waals surface area (Å²) in [5.74, 6) is 1.07. The van der Waals surface area contributed by atoms with E-state index in [4.69, 9.17) is 4.42 Å². The summed E-state index contributed by atoms with van der Waals surface area (Å²) in [5, 5.41) is 2.49. The van der Waals surface area contributed by atoms with Gasteiger partial charge in [-0.3, -0.25) is 0 Å². The summed E-state index contributed by atoms with van der Waals surface area (Å²) in [5.41, 5.74) is 5.12. The average Bonchev–Trinajstić information content (AvgIpc) is 2.64. The quantitative estimate of drug-likeness (QED) is 0.660. The predicted octanol–water partition coefficient (Wildman–Crippen LogP) is 5.50. The van der Waals surface area contributed by atoms with E-state index in [0.29, 0.717) is 0 Å². The summed E-state index contributed by atoms with van der Waals surface area (Å²) in [7, 11) is 0. The Balaban J connectivity index is 2.57. The molecule has 0 N–H and O–H groups in total. The molecule has 1 heterocycles. The lowest BCUT2D eigenvalue weighted by Gasteiger charge is -2.03. The van der Waals surface area contributed by atoms with Crippen LogP contribution in [0.15, 0.2) is 21.6 Å². The number of hydrogen-bond acceptors (Lipinski definition) is 2. The summed E-state index contributed by atoms with van der Waals surface area (Å²) in [6, 6.07) is 4.42. The highest BCUT2D eigenvalue weighted by Gasteiger charge is 2.15. The first-order chi connectivity index (χ1) is 8.67. The molecule has 2 aromatic rings. The van der Waals surface area contributed by atoms with Crippen LogP contribution < -0.4 is 0 Å². The zero-order valence-electron chi connectivity index (χ0n) is 11.8. The molecule has 2 rings (SSSR count). The third-order valence-electron chi connectivity index (χ3n) is 3.25. The van der Waals surface area contributed by atoms with E-state index in [2.05, 4.69) is 39.8 Å². The van der Waals surface area contributed by atoms with Gasteiger partial charge >= 0.3 is 0 Å². The molecule has 1 aromatic heterocycles. The first-order valence-electron chi connectivity index (χ1n) is 6.82. The second-order valence-corrected chi connectivity index (χ2v) is 6.10. The van der Waals surface area contributed by atoms with Crippen LogP contribution in [-0.2, 0) is 6.42 Å². The molecule has 2 heteroatoms. The number of aryl methyl sites for hydroxylation is 3. The Morgan fingerprint density at radius 2 is 1.94 bits per heavy atom. The number of unbranched alkanes of at least 4 members (excludes halogenated alkanes) is 1. The molecule has 0 aliphatic rings. The molecule has 0 aliphatic carbocycles. The van der Waals surface area contributed by atoms with Gasteiger partial charge in [-0.05, 0) is 49.6 Å². The van der Waals surface area contributed by atoms with Crippen LogP contribution in [0.3, 0.4) is 0 Å². The molecule has 0 aliphatic heterocycles. The van der Waals surface area contributed by atoms with Crippen LogP contribution in [0.1, 0.15) is 43.4 Å². The first kappa shape index (κ1) is 13.5. The number of furan rings is 1. The van der Waals surface area contributed by atoms with Gasteiger partial charge in [-0.1, -0.05) is 38.1 Å². The van der Waals surface area contributed by atoms with E-state index in [1.165, 1.54) is 34.9 Å².